The maximum Gasteiger partial charge on any atom is 0.309 e. The van der Waals surface area contributed by atoms with Gasteiger partial charge in [0, 0.05) is 32.5 Å². The Bertz CT molecular complexity index is 363. The van der Waals surface area contributed by atoms with Gasteiger partial charge in [-0.05, 0) is 40.5 Å². The Hall–Kier alpha value is -1.59. The molecule has 0 fully saturated rings. The molecule has 0 radical (unpaired) electrons. The number of aliphatic carboxylic acids is 1. The van der Waals surface area contributed by atoms with Crippen molar-refractivity contribution in [2.45, 2.75) is 53.4 Å². The molecule has 0 bridgehead atoms. The van der Waals surface area contributed by atoms with Gasteiger partial charge in [-0.3, -0.25) is 14.4 Å². The zero-order valence-corrected chi connectivity index (χ0v) is 13.6. The Morgan fingerprint density at radius 1 is 1.10 bits per heavy atom. The van der Waals surface area contributed by atoms with E-state index in [0.717, 1.165) is 0 Å². The van der Waals surface area contributed by atoms with Gasteiger partial charge in [-0.1, -0.05) is 0 Å². The predicted molar refractivity (Wildman–Crippen MR) is 80.8 cm³/mol. The van der Waals surface area contributed by atoms with Crippen LogP contribution in [0.1, 0.15) is 53.4 Å². The molecule has 0 aliphatic carbocycles. The summed E-state index contributed by atoms with van der Waals surface area (Å²) in [4.78, 5) is 36.0. The number of amides is 2. The summed E-state index contributed by atoms with van der Waals surface area (Å²) in [6.45, 7) is 8.82. The maximum atomic E-state index is 11.7. The summed E-state index contributed by atoms with van der Waals surface area (Å²) in [5, 5.41) is 11.7. The third kappa shape index (κ3) is 7.68. The van der Waals surface area contributed by atoms with Crippen LogP contribution in [0.15, 0.2) is 0 Å². The van der Waals surface area contributed by atoms with Gasteiger partial charge in [0.15, 0.2) is 0 Å². The molecule has 6 nitrogen and oxygen atoms in total. The van der Waals surface area contributed by atoms with Crippen LogP contribution in [-0.4, -0.2) is 47.4 Å². The number of nitrogens with zero attached hydrogens (tertiary/aromatic N) is 1. The fourth-order valence-electron chi connectivity index (χ4n) is 1.84. The molecule has 0 saturated carbocycles. The van der Waals surface area contributed by atoms with Gasteiger partial charge in [0.25, 0.3) is 0 Å². The molecule has 0 aromatic carbocycles. The van der Waals surface area contributed by atoms with Crippen LogP contribution in [0.25, 0.3) is 0 Å². The molecule has 0 atom stereocenters. The summed E-state index contributed by atoms with van der Waals surface area (Å²) in [6.07, 6.45) is 1.56. The van der Waals surface area contributed by atoms with Gasteiger partial charge in [0.1, 0.15) is 0 Å². The molecular formula is C15H28N2O4. The smallest absolute Gasteiger partial charge is 0.309 e. The van der Waals surface area contributed by atoms with E-state index >= 15 is 0 Å². The van der Waals surface area contributed by atoms with Crippen LogP contribution in [0, 0.1) is 5.41 Å². The molecule has 0 unspecified atom stereocenters. The van der Waals surface area contributed by atoms with E-state index in [1.807, 2.05) is 13.8 Å². The van der Waals surface area contributed by atoms with Gasteiger partial charge in [0.05, 0.1) is 5.41 Å². The third-order valence-corrected chi connectivity index (χ3v) is 3.56. The summed E-state index contributed by atoms with van der Waals surface area (Å²) in [5.74, 6) is -0.940. The normalized spacial score (nSPS) is 11.0. The van der Waals surface area contributed by atoms with E-state index in [9.17, 15) is 14.4 Å². The number of hydrogen-bond donors (Lipinski definition) is 2. The van der Waals surface area contributed by atoms with Gasteiger partial charge in [-0.25, -0.2) is 0 Å². The molecule has 0 rings (SSSR count). The SMILES string of the molecule is CCN(CC)C(=O)CCCC(=O)NCCC(C)(C)C(=O)O. The number of hydrogen-bond acceptors (Lipinski definition) is 3. The van der Waals surface area contributed by atoms with E-state index in [4.69, 9.17) is 5.11 Å². The molecule has 0 aliphatic rings. The lowest BCUT2D eigenvalue weighted by Gasteiger charge is -2.19. The quantitative estimate of drug-likeness (QED) is 0.642. The monoisotopic (exact) mass is 300 g/mol. The fourth-order valence-corrected chi connectivity index (χ4v) is 1.84. The van der Waals surface area contributed by atoms with Gasteiger partial charge >= 0.3 is 5.97 Å². The Morgan fingerprint density at radius 2 is 1.67 bits per heavy atom. The van der Waals surface area contributed by atoms with Crippen LogP contribution in [0.2, 0.25) is 0 Å². The van der Waals surface area contributed by atoms with Gasteiger partial charge in [-0.15, -0.1) is 0 Å². The molecule has 0 aromatic rings. The van der Waals surface area contributed by atoms with Gasteiger partial charge in [0.2, 0.25) is 11.8 Å². The first-order valence-electron chi connectivity index (χ1n) is 7.52. The maximum absolute atomic E-state index is 11.7. The molecule has 122 valence electrons. The molecule has 0 spiro atoms. The lowest BCUT2D eigenvalue weighted by Crippen LogP contribution is -2.32. The molecule has 0 aliphatic heterocycles. The Morgan fingerprint density at radius 3 is 2.14 bits per heavy atom. The van der Waals surface area contributed by atoms with Crippen LogP contribution in [0.4, 0.5) is 0 Å². The molecule has 2 amide bonds. The number of carbonyl (C=O) groups excluding carboxylic acids is 2. The molecule has 0 heterocycles. The van der Waals surface area contributed by atoms with E-state index in [2.05, 4.69) is 5.32 Å². The Balaban J connectivity index is 3.87. The second-order valence-corrected chi connectivity index (χ2v) is 5.71. The second kappa shape index (κ2) is 9.37. The highest BCUT2D eigenvalue weighted by molar-refractivity contribution is 5.79. The van der Waals surface area contributed by atoms with Crippen molar-refractivity contribution >= 4 is 17.8 Å². The molecule has 21 heavy (non-hydrogen) atoms. The van der Waals surface area contributed by atoms with Crippen LogP contribution < -0.4 is 5.32 Å². The highest BCUT2D eigenvalue weighted by Crippen LogP contribution is 2.19. The summed E-state index contributed by atoms with van der Waals surface area (Å²) in [6, 6.07) is 0. The minimum Gasteiger partial charge on any atom is -0.481 e. The van der Waals surface area contributed by atoms with Crippen LogP contribution >= 0.6 is 0 Å². The van der Waals surface area contributed by atoms with E-state index < -0.39 is 11.4 Å². The minimum atomic E-state index is -0.874. The summed E-state index contributed by atoms with van der Waals surface area (Å²) in [7, 11) is 0. The Labute approximate surface area is 126 Å². The average Bonchev–Trinajstić information content (AvgIpc) is 2.39. The summed E-state index contributed by atoms with van der Waals surface area (Å²) in [5.41, 5.74) is -0.841. The summed E-state index contributed by atoms with van der Waals surface area (Å²) >= 11 is 0. The first-order chi connectivity index (χ1) is 9.74. The summed E-state index contributed by atoms with van der Waals surface area (Å²) < 4.78 is 0. The zero-order chi connectivity index (χ0) is 16.5. The molecule has 2 N–H and O–H groups in total. The third-order valence-electron chi connectivity index (χ3n) is 3.56. The standard InChI is InChI=1S/C15H28N2O4/c1-5-17(6-2)13(19)9-7-8-12(18)16-11-10-15(3,4)14(20)21/h5-11H2,1-4H3,(H,16,18)(H,20,21). The van der Waals surface area contributed by atoms with Crippen molar-refractivity contribution in [2.75, 3.05) is 19.6 Å². The highest BCUT2D eigenvalue weighted by Gasteiger charge is 2.26. The largest absolute Gasteiger partial charge is 0.481 e. The number of rotatable bonds is 10. The highest BCUT2D eigenvalue weighted by atomic mass is 16.4. The van der Waals surface area contributed by atoms with E-state index in [-0.39, 0.29) is 11.8 Å². The molecular weight excluding hydrogens is 272 g/mol. The second-order valence-electron chi connectivity index (χ2n) is 5.71. The minimum absolute atomic E-state index is 0.0693. The first-order valence-corrected chi connectivity index (χ1v) is 7.52. The van der Waals surface area contributed by atoms with Crippen molar-refractivity contribution in [3.05, 3.63) is 0 Å². The number of carbonyl (C=O) groups is 3. The van der Waals surface area contributed by atoms with Crippen molar-refractivity contribution in [2.24, 2.45) is 5.41 Å². The number of nitrogens with one attached hydrogen (secondary N) is 1. The van der Waals surface area contributed by atoms with E-state index in [0.29, 0.717) is 45.3 Å². The number of carboxylic acid groups (broad SMARTS) is 1. The van der Waals surface area contributed by atoms with E-state index in [1.54, 1.807) is 18.7 Å². The lowest BCUT2D eigenvalue weighted by atomic mass is 9.90. The van der Waals surface area contributed by atoms with Crippen molar-refractivity contribution < 1.29 is 19.5 Å². The zero-order valence-electron chi connectivity index (χ0n) is 13.6. The molecule has 0 saturated heterocycles. The molecule has 6 heteroatoms. The number of carboxylic acids is 1. The first kappa shape index (κ1) is 19.4. The fraction of sp³-hybridized carbons (Fsp3) is 0.800. The lowest BCUT2D eigenvalue weighted by molar-refractivity contribution is -0.147. The van der Waals surface area contributed by atoms with Crippen LogP contribution in [0.5, 0.6) is 0 Å². The predicted octanol–water partition coefficient (Wildman–Crippen LogP) is 1.64. The van der Waals surface area contributed by atoms with Crippen LogP contribution in [-0.2, 0) is 14.4 Å². The van der Waals surface area contributed by atoms with E-state index in [1.165, 1.54) is 0 Å². The van der Waals surface area contributed by atoms with Crippen molar-refractivity contribution in [3.63, 3.8) is 0 Å². The van der Waals surface area contributed by atoms with Crippen LogP contribution in [0.3, 0.4) is 0 Å². The average molecular weight is 300 g/mol. The van der Waals surface area contributed by atoms with Gasteiger partial charge < -0.3 is 15.3 Å². The van der Waals surface area contributed by atoms with Gasteiger partial charge in [-0.2, -0.15) is 0 Å². The topological polar surface area (TPSA) is 86.7 Å². The van der Waals surface area contributed by atoms with Crippen molar-refractivity contribution in [3.8, 4) is 0 Å². The van der Waals surface area contributed by atoms with Crippen molar-refractivity contribution in [1.29, 1.82) is 0 Å². The van der Waals surface area contributed by atoms with Crippen molar-refractivity contribution in [1.82, 2.24) is 10.2 Å². The Kier molecular flexibility index (Phi) is 8.66. The molecule has 0 aromatic heterocycles.